The van der Waals surface area contributed by atoms with Gasteiger partial charge < -0.3 is 0 Å². The molecule has 0 amide bonds. The molecule has 2 rings (SSSR count). The fourth-order valence-corrected chi connectivity index (χ4v) is 4.44. The summed E-state index contributed by atoms with van der Waals surface area (Å²) in [6, 6.07) is 5.01. The van der Waals surface area contributed by atoms with Crippen molar-refractivity contribution in [1.29, 1.82) is 5.26 Å². The maximum absolute atomic E-state index is 9.59. The van der Waals surface area contributed by atoms with Gasteiger partial charge >= 0.3 is 0 Å². The molecule has 1 aliphatic rings. The normalized spacial score (nSPS) is 26.7. The molecule has 1 aliphatic carbocycles. The fourth-order valence-electron chi connectivity index (χ4n) is 3.01. The molecule has 2 atom stereocenters. The van der Waals surface area contributed by atoms with Gasteiger partial charge in [0.25, 0.3) is 0 Å². The zero-order valence-electron chi connectivity index (χ0n) is 12.8. The van der Waals surface area contributed by atoms with Crippen molar-refractivity contribution < 1.29 is 0 Å². The van der Waals surface area contributed by atoms with E-state index in [0.717, 1.165) is 25.0 Å². The second-order valence-corrected chi connectivity index (χ2v) is 7.40. The van der Waals surface area contributed by atoms with Gasteiger partial charge in [-0.1, -0.05) is 0 Å². The van der Waals surface area contributed by atoms with Crippen molar-refractivity contribution in [2.45, 2.75) is 68.3 Å². The molecule has 1 fully saturated rings. The molecule has 2 unspecified atom stereocenters. The van der Waals surface area contributed by atoms with Gasteiger partial charge in [0.1, 0.15) is 5.54 Å². The molecule has 20 heavy (non-hydrogen) atoms. The minimum absolute atomic E-state index is 0.345. The lowest BCUT2D eigenvalue weighted by molar-refractivity contribution is 0.284. The number of rotatable bonds is 4. The summed E-state index contributed by atoms with van der Waals surface area (Å²) in [4.78, 5) is 0. The molecule has 0 aromatic carbocycles. The van der Waals surface area contributed by atoms with Crippen LogP contribution in [0.25, 0.3) is 0 Å². The highest BCUT2D eigenvalue weighted by Gasteiger charge is 2.37. The van der Waals surface area contributed by atoms with Crippen LogP contribution in [-0.2, 0) is 7.05 Å². The molecule has 0 radical (unpaired) electrons. The number of thioether (sulfide) groups is 1. The summed E-state index contributed by atoms with van der Waals surface area (Å²) in [7, 11) is 1.99. The maximum atomic E-state index is 9.59. The lowest BCUT2D eigenvalue weighted by Crippen LogP contribution is -2.51. The molecule has 0 bridgehead atoms. The monoisotopic (exact) mass is 292 g/mol. The van der Waals surface area contributed by atoms with Crippen LogP contribution < -0.4 is 5.32 Å². The average molecular weight is 292 g/mol. The summed E-state index contributed by atoms with van der Waals surface area (Å²) in [6.07, 6.45) is 4.17. The highest BCUT2D eigenvalue weighted by molar-refractivity contribution is 7.99. The molecule has 1 N–H and O–H groups in total. The Morgan fingerprint density at radius 3 is 2.90 bits per heavy atom. The van der Waals surface area contributed by atoms with Crippen molar-refractivity contribution >= 4 is 11.8 Å². The van der Waals surface area contributed by atoms with E-state index in [4.69, 9.17) is 0 Å². The van der Waals surface area contributed by atoms with E-state index in [0.29, 0.717) is 11.3 Å². The SMILES string of the molecule is Cc1cc(SC2CCCC(C#N)(NC(C)C)C2)n(C)n1. The van der Waals surface area contributed by atoms with Gasteiger partial charge in [-0.15, -0.1) is 11.8 Å². The summed E-state index contributed by atoms with van der Waals surface area (Å²) in [5, 5.41) is 19.2. The third-order valence-corrected chi connectivity index (χ3v) is 5.09. The number of aromatic nitrogens is 2. The molecular formula is C15H24N4S. The molecule has 0 saturated heterocycles. The maximum Gasteiger partial charge on any atom is 0.108 e. The first-order chi connectivity index (χ1) is 9.44. The van der Waals surface area contributed by atoms with Crippen molar-refractivity contribution in [2.75, 3.05) is 0 Å². The molecule has 0 aliphatic heterocycles. The summed E-state index contributed by atoms with van der Waals surface area (Å²) in [5.41, 5.74) is 0.704. The van der Waals surface area contributed by atoms with Gasteiger partial charge in [0.15, 0.2) is 0 Å². The largest absolute Gasteiger partial charge is 0.297 e. The van der Waals surface area contributed by atoms with Gasteiger partial charge in [0.05, 0.1) is 16.8 Å². The Bertz CT molecular complexity index is 502. The van der Waals surface area contributed by atoms with E-state index < -0.39 is 0 Å². The number of nitrogens with one attached hydrogen (secondary N) is 1. The highest BCUT2D eigenvalue weighted by atomic mass is 32.2. The standard InChI is InChI=1S/C15H24N4S/c1-11(2)17-15(10-16)7-5-6-13(9-15)20-14-8-12(3)18-19(14)4/h8,11,13,17H,5-7,9H2,1-4H3. The fraction of sp³-hybridized carbons (Fsp3) is 0.733. The van der Waals surface area contributed by atoms with Crippen LogP contribution in [0.4, 0.5) is 0 Å². The lowest BCUT2D eigenvalue weighted by atomic mass is 9.82. The Hall–Kier alpha value is -0.990. The molecular weight excluding hydrogens is 268 g/mol. The predicted octanol–water partition coefficient (Wildman–Crippen LogP) is 3.02. The highest BCUT2D eigenvalue weighted by Crippen LogP contribution is 2.38. The van der Waals surface area contributed by atoms with Crippen LogP contribution in [0.2, 0.25) is 0 Å². The molecule has 4 nitrogen and oxygen atoms in total. The van der Waals surface area contributed by atoms with Crippen LogP contribution in [0.15, 0.2) is 11.1 Å². The topological polar surface area (TPSA) is 53.6 Å². The average Bonchev–Trinajstić information content (AvgIpc) is 2.67. The van der Waals surface area contributed by atoms with E-state index in [1.165, 1.54) is 11.4 Å². The lowest BCUT2D eigenvalue weighted by Gasteiger charge is -2.37. The van der Waals surface area contributed by atoms with Crippen molar-refractivity contribution in [2.24, 2.45) is 7.05 Å². The van der Waals surface area contributed by atoms with Crippen LogP contribution in [-0.4, -0.2) is 26.6 Å². The van der Waals surface area contributed by atoms with E-state index in [9.17, 15) is 5.26 Å². The molecule has 1 aromatic heterocycles. The molecule has 5 heteroatoms. The number of nitriles is 1. The van der Waals surface area contributed by atoms with Gasteiger partial charge in [-0.2, -0.15) is 10.4 Å². The van der Waals surface area contributed by atoms with Crippen molar-refractivity contribution in [3.8, 4) is 6.07 Å². The first-order valence-corrected chi connectivity index (χ1v) is 8.18. The van der Waals surface area contributed by atoms with Crippen LogP contribution in [0.3, 0.4) is 0 Å². The van der Waals surface area contributed by atoms with E-state index >= 15 is 0 Å². The van der Waals surface area contributed by atoms with Gasteiger partial charge in [0.2, 0.25) is 0 Å². The second kappa shape index (κ2) is 6.19. The van der Waals surface area contributed by atoms with E-state index in [1.807, 2.05) is 30.4 Å². The van der Waals surface area contributed by atoms with Crippen LogP contribution in [0.5, 0.6) is 0 Å². The Morgan fingerprint density at radius 2 is 2.35 bits per heavy atom. The van der Waals surface area contributed by atoms with Crippen LogP contribution >= 0.6 is 11.8 Å². The number of aryl methyl sites for hydroxylation is 2. The summed E-state index contributed by atoms with van der Waals surface area (Å²) in [5.74, 6) is 0. The minimum Gasteiger partial charge on any atom is -0.297 e. The third-order valence-electron chi connectivity index (χ3n) is 3.73. The Kier molecular flexibility index (Phi) is 4.77. The molecule has 0 spiro atoms. The molecule has 1 aromatic rings. The molecule has 1 saturated carbocycles. The summed E-state index contributed by atoms with van der Waals surface area (Å²) in [6.45, 7) is 6.24. The molecule has 110 valence electrons. The molecule has 1 heterocycles. The van der Waals surface area contributed by atoms with Gasteiger partial charge in [-0.05, 0) is 52.5 Å². The quantitative estimate of drug-likeness (QED) is 0.927. The van der Waals surface area contributed by atoms with E-state index in [1.54, 1.807) is 0 Å². The van der Waals surface area contributed by atoms with E-state index in [2.05, 4.69) is 36.4 Å². The van der Waals surface area contributed by atoms with Crippen molar-refractivity contribution in [1.82, 2.24) is 15.1 Å². The number of nitrogens with zero attached hydrogens (tertiary/aromatic N) is 3. The number of hydrogen-bond acceptors (Lipinski definition) is 4. The predicted molar refractivity (Wildman–Crippen MR) is 82.7 cm³/mol. The number of hydrogen-bond donors (Lipinski definition) is 1. The first-order valence-electron chi connectivity index (χ1n) is 7.30. The third kappa shape index (κ3) is 3.56. The minimum atomic E-state index is -0.349. The Morgan fingerprint density at radius 1 is 1.60 bits per heavy atom. The van der Waals surface area contributed by atoms with Crippen molar-refractivity contribution in [3.05, 3.63) is 11.8 Å². The Labute approximate surface area is 125 Å². The van der Waals surface area contributed by atoms with Gasteiger partial charge in [-0.25, -0.2) is 0 Å². The Balaban J connectivity index is 2.07. The van der Waals surface area contributed by atoms with Gasteiger partial charge in [0, 0.05) is 18.3 Å². The van der Waals surface area contributed by atoms with Crippen molar-refractivity contribution in [3.63, 3.8) is 0 Å². The first kappa shape index (κ1) is 15.4. The zero-order chi connectivity index (χ0) is 14.8. The van der Waals surface area contributed by atoms with E-state index in [-0.39, 0.29) is 5.54 Å². The second-order valence-electron chi connectivity index (χ2n) is 6.08. The van der Waals surface area contributed by atoms with Gasteiger partial charge in [-0.3, -0.25) is 10.00 Å². The van der Waals surface area contributed by atoms with Crippen LogP contribution in [0.1, 0.15) is 45.2 Å². The zero-order valence-corrected chi connectivity index (χ0v) is 13.6. The summed E-state index contributed by atoms with van der Waals surface area (Å²) >= 11 is 1.87. The summed E-state index contributed by atoms with van der Waals surface area (Å²) < 4.78 is 1.94. The van der Waals surface area contributed by atoms with Crippen LogP contribution in [0, 0.1) is 18.3 Å². The smallest absolute Gasteiger partial charge is 0.108 e.